The number of nitrogens with zero attached hydrogens (tertiary/aromatic N) is 2. The molecule has 1 amide bonds. The first-order valence-corrected chi connectivity index (χ1v) is 10.2. The number of nitrogens with one attached hydrogen (secondary N) is 1. The summed E-state index contributed by atoms with van der Waals surface area (Å²) in [4.78, 5) is 16.9. The van der Waals surface area contributed by atoms with Crippen LogP contribution in [0.2, 0.25) is 0 Å². The minimum Gasteiger partial charge on any atom is -0.497 e. The summed E-state index contributed by atoms with van der Waals surface area (Å²) < 4.78 is 18.4. The van der Waals surface area contributed by atoms with Gasteiger partial charge in [-0.05, 0) is 47.9 Å². The predicted octanol–water partition coefficient (Wildman–Crippen LogP) is 3.54. The number of hydrogen-bond acceptors (Lipinski definition) is 4. The van der Waals surface area contributed by atoms with E-state index in [2.05, 4.69) is 45.4 Å². The Morgan fingerprint density at radius 3 is 2.53 bits per heavy atom. The van der Waals surface area contributed by atoms with Crippen molar-refractivity contribution in [2.45, 2.75) is 0 Å². The summed E-state index contributed by atoms with van der Waals surface area (Å²) in [6, 6.07) is 18.2. The van der Waals surface area contributed by atoms with Gasteiger partial charge in [0.05, 0.1) is 7.11 Å². The van der Waals surface area contributed by atoms with Crippen molar-refractivity contribution >= 4 is 22.4 Å². The molecule has 1 N–H and O–H groups in total. The third-order valence-corrected chi connectivity index (χ3v) is 5.60. The number of halogens is 1. The molecule has 1 fully saturated rings. The van der Waals surface area contributed by atoms with Crippen LogP contribution in [-0.4, -0.2) is 57.2 Å². The van der Waals surface area contributed by atoms with Crippen LogP contribution in [0.3, 0.4) is 0 Å². The van der Waals surface area contributed by atoms with Gasteiger partial charge in [0.15, 0.2) is 0 Å². The first-order valence-electron chi connectivity index (χ1n) is 10.2. The topological polar surface area (TPSA) is 44.8 Å². The van der Waals surface area contributed by atoms with Gasteiger partial charge >= 0.3 is 0 Å². The highest BCUT2D eigenvalue weighted by atomic mass is 19.1. The zero-order valence-corrected chi connectivity index (χ0v) is 17.1. The van der Waals surface area contributed by atoms with Gasteiger partial charge in [-0.3, -0.25) is 9.69 Å². The smallest absolute Gasteiger partial charge is 0.251 e. The molecule has 1 aliphatic heterocycles. The normalized spacial score (nSPS) is 14.7. The molecule has 1 aliphatic rings. The third-order valence-electron chi connectivity index (χ3n) is 5.60. The van der Waals surface area contributed by atoms with Gasteiger partial charge in [0, 0.05) is 55.9 Å². The van der Waals surface area contributed by atoms with Crippen LogP contribution in [0.15, 0.2) is 60.7 Å². The fourth-order valence-corrected chi connectivity index (χ4v) is 3.88. The molecule has 0 unspecified atom stereocenters. The average Bonchev–Trinajstić information content (AvgIpc) is 2.79. The minimum absolute atomic E-state index is 0.168. The van der Waals surface area contributed by atoms with Crippen LogP contribution in [0.1, 0.15) is 10.4 Å². The summed E-state index contributed by atoms with van der Waals surface area (Å²) in [6.07, 6.45) is 0. The SMILES string of the molecule is COc1ccc2cccc(N3CCN(CCNC(=O)c4ccc(F)cc4)CC3)c2c1. The maximum Gasteiger partial charge on any atom is 0.251 e. The van der Waals surface area contributed by atoms with E-state index in [-0.39, 0.29) is 11.7 Å². The number of hydrogen-bond donors (Lipinski definition) is 1. The van der Waals surface area contributed by atoms with Crippen molar-refractivity contribution in [2.24, 2.45) is 0 Å². The van der Waals surface area contributed by atoms with E-state index in [4.69, 9.17) is 4.74 Å². The molecule has 3 aromatic rings. The summed E-state index contributed by atoms with van der Waals surface area (Å²) >= 11 is 0. The van der Waals surface area contributed by atoms with Gasteiger partial charge in [-0.2, -0.15) is 0 Å². The second kappa shape index (κ2) is 9.13. The minimum atomic E-state index is -0.339. The van der Waals surface area contributed by atoms with Crippen molar-refractivity contribution in [2.75, 3.05) is 51.3 Å². The van der Waals surface area contributed by atoms with Gasteiger partial charge in [-0.1, -0.05) is 18.2 Å². The van der Waals surface area contributed by atoms with E-state index in [1.807, 2.05) is 6.07 Å². The number of piperazine rings is 1. The van der Waals surface area contributed by atoms with E-state index < -0.39 is 0 Å². The number of methoxy groups -OCH3 is 1. The molecule has 30 heavy (non-hydrogen) atoms. The maximum atomic E-state index is 13.0. The van der Waals surface area contributed by atoms with E-state index in [0.717, 1.165) is 38.5 Å². The first kappa shape index (κ1) is 20.2. The highest BCUT2D eigenvalue weighted by Crippen LogP contribution is 2.30. The van der Waals surface area contributed by atoms with Crippen LogP contribution < -0.4 is 15.0 Å². The van der Waals surface area contributed by atoms with Crippen molar-refractivity contribution in [3.63, 3.8) is 0 Å². The van der Waals surface area contributed by atoms with Gasteiger partial charge in [-0.25, -0.2) is 4.39 Å². The monoisotopic (exact) mass is 407 g/mol. The van der Waals surface area contributed by atoms with Crippen LogP contribution >= 0.6 is 0 Å². The zero-order chi connectivity index (χ0) is 20.9. The van der Waals surface area contributed by atoms with Gasteiger partial charge in [0.1, 0.15) is 11.6 Å². The quantitative estimate of drug-likeness (QED) is 0.679. The van der Waals surface area contributed by atoms with Gasteiger partial charge in [0.25, 0.3) is 5.91 Å². The number of carbonyl (C=O) groups is 1. The van der Waals surface area contributed by atoms with Crippen LogP contribution in [0.25, 0.3) is 10.8 Å². The zero-order valence-electron chi connectivity index (χ0n) is 17.1. The largest absolute Gasteiger partial charge is 0.497 e. The first-order chi connectivity index (χ1) is 14.6. The number of carbonyl (C=O) groups excluding carboxylic acids is 1. The Morgan fingerprint density at radius 2 is 1.80 bits per heavy atom. The lowest BCUT2D eigenvalue weighted by atomic mass is 10.1. The molecule has 0 atom stereocenters. The number of amides is 1. The van der Waals surface area contributed by atoms with Crippen LogP contribution in [-0.2, 0) is 0 Å². The van der Waals surface area contributed by atoms with E-state index >= 15 is 0 Å². The summed E-state index contributed by atoms with van der Waals surface area (Å²) in [5.74, 6) is 0.359. The lowest BCUT2D eigenvalue weighted by Crippen LogP contribution is -2.48. The van der Waals surface area contributed by atoms with Crippen molar-refractivity contribution in [3.8, 4) is 5.75 Å². The number of ether oxygens (including phenoxy) is 1. The van der Waals surface area contributed by atoms with Gasteiger partial charge in [-0.15, -0.1) is 0 Å². The van der Waals surface area contributed by atoms with E-state index in [0.29, 0.717) is 12.1 Å². The lowest BCUT2D eigenvalue weighted by molar-refractivity contribution is 0.0947. The maximum absolute atomic E-state index is 13.0. The molecule has 0 saturated carbocycles. The Hall–Kier alpha value is -3.12. The van der Waals surface area contributed by atoms with E-state index in [1.54, 1.807) is 7.11 Å². The molecule has 6 heteroatoms. The third kappa shape index (κ3) is 4.54. The second-order valence-corrected chi connectivity index (χ2v) is 7.46. The molecule has 1 saturated heterocycles. The Morgan fingerprint density at radius 1 is 1.03 bits per heavy atom. The van der Waals surface area contributed by atoms with E-state index in [9.17, 15) is 9.18 Å². The van der Waals surface area contributed by atoms with Gasteiger partial charge in [0.2, 0.25) is 0 Å². The Balaban J connectivity index is 1.30. The number of fused-ring (bicyclic) bond motifs is 1. The van der Waals surface area contributed by atoms with E-state index in [1.165, 1.54) is 40.7 Å². The molecule has 0 spiro atoms. The molecule has 0 radical (unpaired) electrons. The standard InChI is InChI=1S/C24H26FN3O2/c1-30-21-10-7-18-3-2-4-23(22(18)17-21)28-15-13-27(14-16-28)12-11-26-24(29)19-5-8-20(25)9-6-19/h2-10,17H,11-16H2,1H3,(H,26,29). The molecule has 4 rings (SSSR count). The summed E-state index contributed by atoms with van der Waals surface area (Å²) in [6.45, 7) is 5.11. The molecular formula is C24H26FN3O2. The molecule has 0 aliphatic carbocycles. The van der Waals surface area contributed by atoms with Crippen LogP contribution in [0.4, 0.5) is 10.1 Å². The van der Waals surface area contributed by atoms with Gasteiger partial charge < -0.3 is 15.0 Å². The molecule has 0 bridgehead atoms. The molecule has 3 aromatic carbocycles. The number of rotatable bonds is 6. The van der Waals surface area contributed by atoms with Crippen molar-refractivity contribution in [1.29, 1.82) is 0 Å². The highest BCUT2D eigenvalue weighted by Gasteiger charge is 2.19. The van der Waals surface area contributed by atoms with Crippen molar-refractivity contribution in [1.82, 2.24) is 10.2 Å². The van der Waals surface area contributed by atoms with Crippen molar-refractivity contribution < 1.29 is 13.9 Å². The Bertz CT molecular complexity index is 1010. The molecule has 1 heterocycles. The lowest BCUT2D eigenvalue weighted by Gasteiger charge is -2.36. The Labute approximate surface area is 176 Å². The highest BCUT2D eigenvalue weighted by molar-refractivity contribution is 5.95. The Kier molecular flexibility index (Phi) is 6.14. The number of anilines is 1. The fourth-order valence-electron chi connectivity index (χ4n) is 3.88. The molecule has 156 valence electrons. The molecule has 0 aromatic heterocycles. The summed E-state index contributed by atoms with van der Waals surface area (Å²) in [7, 11) is 1.69. The molecule has 5 nitrogen and oxygen atoms in total. The van der Waals surface area contributed by atoms with Crippen LogP contribution in [0, 0.1) is 5.82 Å². The van der Waals surface area contributed by atoms with Crippen LogP contribution in [0.5, 0.6) is 5.75 Å². The number of benzene rings is 3. The summed E-state index contributed by atoms with van der Waals surface area (Å²) in [5.41, 5.74) is 1.71. The molecular weight excluding hydrogens is 381 g/mol. The fraction of sp³-hybridized carbons (Fsp3) is 0.292. The predicted molar refractivity (Wildman–Crippen MR) is 118 cm³/mol. The van der Waals surface area contributed by atoms with Crippen molar-refractivity contribution in [3.05, 3.63) is 72.0 Å². The second-order valence-electron chi connectivity index (χ2n) is 7.46. The summed E-state index contributed by atoms with van der Waals surface area (Å²) in [5, 5.41) is 5.33. The average molecular weight is 407 g/mol.